The summed E-state index contributed by atoms with van der Waals surface area (Å²) in [5.74, 6) is 0. The van der Waals surface area contributed by atoms with E-state index in [4.69, 9.17) is 14.1 Å². The van der Waals surface area contributed by atoms with Crippen LogP contribution < -0.4 is 68.7 Å². The van der Waals surface area contributed by atoms with Gasteiger partial charge in [0.2, 0.25) is 0 Å². The fourth-order valence-electron chi connectivity index (χ4n) is 0. The van der Waals surface area contributed by atoms with Crippen molar-refractivity contribution in [3.8, 4) is 0 Å². The van der Waals surface area contributed by atoms with Gasteiger partial charge < -0.3 is 14.1 Å². The first-order valence-electron chi connectivity index (χ1n) is 0.612. The van der Waals surface area contributed by atoms with Crippen molar-refractivity contribution >= 4 is 79.4 Å². The Bertz CT molecular complexity index is 40.3. The van der Waals surface area contributed by atoms with Crippen molar-refractivity contribution in [3.63, 3.8) is 0 Å². The Morgan fingerprint density at radius 1 is 1.12 bits per heavy atom. The maximum absolute atomic E-state index is 8.52. The zero-order valence-corrected chi connectivity index (χ0v) is 8.72. The molecule has 28 valence electrons. The van der Waals surface area contributed by atoms with Crippen molar-refractivity contribution in [3.05, 3.63) is 0 Å². The van der Waals surface area contributed by atoms with E-state index in [1.807, 2.05) is 0 Å². The molecular weight excluding hydrogens is 168 g/mol. The molecule has 0 heterocycles. The topological polar surface area (TPSA) is 63.2 Å². The molecule has 3 nitrogen and oxygen atoms in total. The first-order chi connectivity index (χ1) is 1.73. The zero-order chi connectivity index (χ0) is 3.58. The van der Waals surface area contributed by atoms with Crippen LogP contribution in [0.4, 0.5) is 0 Å². The number of rotatable bonds is 0. The third kappa shape index (κ3) is 52.0. The molecule has 0 aliphatic rings. The van der Waals surface area contributed by atoms with Gasteiger partial charge in [0.05, 0.1) is 0 Å². The molecule has 0 fully saturated rings. The van der Waals surface area contributed by atoms with E-state index in [9.17, 15) is 0 Å². The van der Waals surface area contributed by atoms with E-state index < -0.39 is 9.17 Å². The molecule has 0 atom stereocenters. The van der Waals surface area contributed by atoms with E-state index in [-0.39, 0.29) is 129 Å². The average molecular weight is 170 g/mol. The maximum atomic E-state index is 8.52. The minimum Gasteiger partial charge on any atom is 1.00 e. The molecule has 8 heavy (non-hydrogen) atoms. The van der Waals surface area contributed by atoms with Gasteiger partial charge in [-0.15, -0.1) is 0 Å². The summed E-state index contributed by atoms with van der Waals surface area (Å²) >= 11 is 0. The van der Waals surface area contributed by atoms with Crippen LogP contribution in [-0.2, 0) is 4.46 Å². The first kappa shape index (κ1) is 29.7. The second kappa shape index (κ2) is 22.4. The molecule has 0 spiro atoms. The van der Waals surface area contributed by atoms with E-state index in [2.05, 4.69) is 0 Å². The predicted molar refractivity (Wildman–Crippen MR) is 20.7 cm³/mol. The Morgan fingerprint density at radius 2 is 1.12 bits per heavy atom. The van der Waals surface area contributed by atoms with Crippen molar-refractivity contribution in [2.45, 2.75) is 0 Å². The van der Waals surface area contributed by atoms with E-state index >= 15 is 0 Å². The Balaban J connectivity index is -0.00000000750. The summed E-state index contributed by atoms with van der Waals surface area (Å²) in [6.45, 7) is 0. The molecule has 8 heteroatoms. The van der Waals surface area contributed by atoms with Crippen LogP contribution in [0.2, 0.25) is 0 Å². The molecule has 0 aliphatic carbocycles. The summed E-state index contributed by atoms with van der Waals surface area (Å²) < 4.78 is 8.52. The van der Waals surface area contributed by atoms with Gasteiger partial charge in [-0.1, -0.05) is 0 Å². The summed E-state index contributed by atoms with van der Waals surface area (Å²) in [5, 5.41) is 0. The summed E-state index contributed by atoms with van der Waals surface area (Å²) in [4.78, 5) is 17.0. The van der Waals surface area contributed by atoms with Crippen molar-refractivity contribution in [1.29, 1.82) is 0 Å². The third-order valence-corrected chi connectivity index (χ3v) is 0. The van der Waals surface area contributed by atoms with E-state index in [1.165, 1.54) is 0 Å². The van der Waals surface area contributed by atoms with Gasteiger partial charge in [-0.2, -0.15) is 0 Å². The van der Waals surface area contributed by atoms with Gasteiger partial charge in [0, 0.05) is 9.17 Å². The minimum absolute atomic E-state index is 0. The van der Waals surface area contributed by atoms with E-state index in [1.54, 1.807) is 0 Å². The van der Waals surface area contributed by atoms with Crippen LogP contribution in [0.1, 0.15) is 0 Å². The molecule has 0 aromatic rings. The molecule has 0 aromatic carbocycles. The first-order valence-corrected chi connectivity index (χ1v) is 1.84. The molecule has 0 saturated heterocycles. The second-order valence-corrected chi connectivity index (χ2v) is 0.750. The van der Waals surface area contributed by atoms with Crippen LogP contribution in [0.25, 0.3) is 0 Å². The van der Waals surface area contributed by atoms with Crippen molar-refractivity contribution in [2.24, 2.45) is 0 Å². The summed E-state index contributed by atoms with van der Waals surface area (Å²) in [6, 6.07) is 0. The van der Waals surface area contributed by atoms with Gasteiger partial charge in [-0.3, -0.25) is 0 Å². The fourth-order valence-corrected chi connectivity index (χ4v) is 0. The normalized spacial score (nSPS) is 3.00. The Labute approximate surface area is 148 Å². The molecule has 0 aliphatic heterocycles. The van der Waals surface area contributed by atoms with E-state index in [0.717, 1.165) is 0 Å². The Hall–Kier alpha value is 3.85. The monoisotopic (exact) mass is 170 g/mol. The molecular formula is H2KLiNa2O3Si. The summed E-state index contributed by atoms with van der Waals surface area (Å²) in [5.41, 5.74) is 0. The molecule has 0 saturated carbocycles. The van der Waals surface area contributed by atoms with Gasteiger partial charge in [-0.05, 0) is 0 Å². The predicted octanol–water partition coefficient (Wildman–Crippen LogP) is -10.2. The zero-order valence-electron chi connectivity index (χ0n) is 3.72. The van der Waals surface area contributed by atoms with Crippen LogP contribution in [0.3, 0.4) is 0 Å². The molecule has 0 amide bonds. The summed E-state index contributed by atoms with van der Waals surface area (Å²) in [7, 11) is -3.63. The number of hydrogen-bond acceptors (Lipinski definition) is 3. The van der Waals surface area contributed by atoms with Crippen molar-refractivity contribution in [1.82, 2.24) is 0 Å². The Kier molecular flexibility index (Phi) is 83.4. The van der Waals surface area contributed by atoms with Gasteiger partial charge in [0.15, 0.2) is 0 Å². The Morgan fingerprint density at radius 3 is 1.12 bits per heavy atom. The van der Waals surface area contributed by atoms with Gasteiger partial charge in [0.1, 0.15) is 0 Å². The van der Waals surface area contributed by atoms with Crippen LogP contribution >= 0.6 is 0 Å². The number of hydrogen-bond donors (Lipinski definition) is 0. The van der Waals surface area contributed by atoms with Gasteiger partial charge in [0.25, 0.3) is 0 Å². The molecule has 0 bridgehead atoms. The van der Waals surface area contributed by atoms with Crippen LogP contribution in [0, 0.1) is 0 Å². The smallest absolute Gasteiger partial charge is 1.00 e. The fraction of sp³-hybridized carbons (Fsp3) is 0. The van der Waals surface area contributed by atoms with E-state index in [0.29, 0.717) is 0 Å². The van der Waals surface area contributed by atoms with Gasteiger partial charge >= 0.3 is 129 Å². The summed E-state index contributed by atoms with van der Waals surface area (Å²) in [6.07, 6.45) is 0. The standard InChI is InChI=1S/K.Li.2Na.O3Si.2H/c;;;;1-4(2)3;;/q;;2*+1;-2;;. The second-order valence-electron chi connectivity index (χ2n) is 0.250. The van der Waals surface area contributed by atoms with Crippen LogP contribution in [0.5, 0.6) is 0 Å². The van der Waals surface area contributed by atoms with Crippen molar-refractivity contribution in [2.75, 3.05) is 0 Å². The van der Waals surface area contributed by atoms with Crippen molar-refractivity contribution < 1.29 is 73.2 Å². The third-order valence-electron chi connectivity index (χ3n) is 0. The molecule has 0 N–H and O–H groups in total. The SMILES string of the molecule is O=[Si]([O-])[O-].[KH].[LiH].[Na+].[Na+]. The molecule has 0 unspecified atom stereocenters. The average Bonchev–Trinajstić information content (AvgIpc) is 0.811. The molecule has 0 aromatic heterocycles. The van der Waals surface area contributed by atoms with Crippen LogP contribution in [0.15, 0.2) is 0 Å². The molecule has 0 radical (unpaired) electrons. The molecule has 0 rings (SSSR count). The minimum atomic E-state index is -3.63. The maximum Gasteiger partial charge on any atom is 1.00 e. The van der Waals surface area contributed by atoms with Crippen LogP contribution in [-0.4, -0.2) is 79.4 Å². The van der Waals surface area contributed by atoms with Gasteiger partial charge in [-0.25, -0.2) is 0 Å². The quantitative estimate of drug-likeness (QED) is 0.339. The largest absolute Gasteiger partial charge is 1.00 e.